The van der Waals surface area contributed by atoms with Crippen LogP contribution in [0.5, 0.6) is 0 Å². The van der Waals surface area contributed by atoms with Crippen LogP contribution in [-0.4, -0.2) is 42.2 Å². The maximum atomic E-state index is 13.4. The molecule has 1 heterocycles. The van der Waals surface area contributed by atoms with Crippen molar-refractivity contribution in [2.24, 2.45) is 11.7 Å². The average Bonchev–Trinajstić information content (AvgIpc) is 2.12. The molecule has 1 saturated heterocycles. The van der Waals surface area contributed by atoms with Gasteiger partial charge in [-0.15, -0.1) is 0 Å². The molecule has 0 aromatic rings. The van der Waals surface area contributed by atoms with Crippen LogP contribution >= 0.6 is 0 Å². The maximum absolute atomic E-state index is 13.4. The van der Waals surface area contributed by atoms with Gasteiger partial charge in [-0.05, 0) is 33.2 Å². The second kappa shape index (κ2) is 4.76. The predicted octanol–water partition coefficient (Wildman–Crippen LogP) is 1.84. The van der Waals surface area contributed by atoms with E-state index in [-0.39, 0.29) is 25.4 Å². The van der Waals surface area contributed by atoms with Crippen molar-refractivity contribution in [2.75, 3.05) is 19.6 Å². The maximum Gasteiger partial charge on any atom is 0.410 e. The number of carbonyl (C=O) groups is 1. The summed E-state index contributed by atoms with van der Waals surface area (Å²) in [6.07, 6.45) is -0.960. The van der Waals surface area contributed by atoms with Crippen molar-refractivity contribution in [3.63, 3.8) is 0 Å². The summed E-state index contributed by atoms with van der Waals surface area (Å²) in [5, 5.41) is 0. The molecule has 0 radical (unpaired) electrons. The van der Waals surface area contributed by atoms with Crippen LogP contribution in [0.1, 0.15) is 27.2 Å². The molecule has 1 aliphatic rings. The van der Waals surface area contributed by atoms with E-state index in [1.165, 1.54) is 0 Å². The number of hydrogen-bond donors (Lipinski definition) is 1. The molecule has 1 unspecified atom stereocenters. The van der Waals surface area contributed by atoms with Crippen LogP contribution < -0.4 is 5.73 Å². The zero-order valence-corrected chi connectivity index (χ0v) is 10.5. The summed E-state index contributed by atoms with van der Waals surface area (Å²) in [4.78, 5) is 12.7. The van der Waals surface area contributed by atoms with Crippen molar-refractivity contribution < 1.29 is 18.3 Å². The van der Waals surface area contributed by atoms with Gasteiger partial charge < -0.3 is 15.4 Å². The zero-order chi connectivity index (χ0) is 13.3. The van der Waals surface area contributed by atoms with Gasteiger partial charge in [0.15, 0.2) is 0 Å². The summed E-state index contributed by atoms with van der Waals surface area (Å²) >= 11 is 0. The summed E-state index contributed by atoms with van der Waals surface area (Å²) < 4.78 is 31.8. The molecule has 1 aliphatic heterocycles. The van der Waals surface area contributed by atoms with Gasteiger partial charge in [-0.3, -0.25) is 0 Å². The average molecular weight is 250 g/mol. The number of ether oxygens (including phenoxy) is 1. The molecule has 4 nitrogen and oxygen atoms in total. The highest BCUT2D eigenvalue weighted by Gasteiger charge is 2.42. The molecular weight excluding hydrogens is 230 g/mol. The second-order valence-corrected chi connectivity index (χ2v) is 5.52. The van der Waals surface area contributed by atoms with E-state index in [4.69, 9.17) is 10.5 Å². The zero-order valence-electron chi connectivity index (χ0n) is 10.5. The van der Waals surface area contributed by atoms with E-state index < -0.39 is 24.2 Å². The van der Waals surface area contributed by atoms with Gasteiger partial charge in [-0.25, -0.2) is 13.6 Å². The van der Waals surface area contributed by atoms with Gasteiger partial charge in [0.2, 0.25) is 0 Å². The lowest BCUT2D eigenvalue weighted by molar-refractivity contribution is -0.0851. The van der Waals surface area contributed by atoms with Crippen LogP contribution in [0.4, 0.5) is 13.6 Å². The Labute approximate surface area is 100 Å². The van der Waals surface area contributed by atoms with Crippen molar-refractivity contribution in [2.45, 2.75) is 38.7 Å². The first-order valence-electron chi connectivity index (χ1n) is 5.69. The third-order valence-corrected chi connectivity index (χ3v) is 2.47. The minimum Gasteiger partial charge on any atom is -0.444 e. The third-order valence-electron chi connectivity index (χ3n) is 2.47. The first-order chi connectivity index (χ1) is 7.63. The van der Waals surface area contributed by atoms with E-state index in [1.54, 1.807) is 20.8 Å². The van der Waals surface area contributed by atoms with Gasteiger partial charge in [0.1, 0.15) is 5.60 Å². The lowest BCUT2D eigenvalue weighted by Gasteiger charge is -2.37. The number of piperidine rings is 1. The van der Waals surface area contributed by atoms with Crippen LogP contribution in [0.2, 0.25) is 0 Å². The molecule has 1 fully saturated rings. The largest absolute Gasteiger partial charge is 0.444 e. The molecule has 0 aromatic carbocycles. The topological polar surface area (TPSA) is 55.6 Å². The van der Waals surface area contributed by atoms with Crippen molar-refractivity contribution in [1.82, 2.24) is 4.90 Å². The van der Waals surface area contributed by atoms with E-state index in [0.717, 1.165) is 4.90 Å². The van der Waals surface area contributed by atoms with E-state index in [1.807, 2.05) is 0 Å². The van der Waals surface area contributed by atoms with Gasteiger partial charge in [-0.2, -0.15) is 0 Å². The molecule has 0 spiro atoms. The van der Waals surface area contributed by atoms with E-state index in [9.17, 15) is 13.6 Å². The predicted molar refractivity (Wildman–Crippen MR) is 59.9 cm³/mol. The first kappa shape index (κ1) is 14.2. The standard InChI is InChI=1S/C11H20F2N2O2/c1-10(2,3)17-9(16)15-6-8(5-14)4-11(12,13)7-15/h8H,4-7,14H2,1-3H3. The van der Waals surface area contributed by atoms with Gasteiger partial charge >= 0.3 is 6.09 Å². The fourth-order valence-electron chi connectivity index (χ4n) is 1.83. The summed E-state index contributed by atoms with van der Waals surface area (Å²) in [5.41, 5.74) is 4.72. The number of nitrogens with two attached hydrogens (primary N) is 1. The Kier molecular flexibility index (Phi) is 3.96. The minimum absolute atomic E-state index is 0.148. The fourth-order valence-corrected chi connectivity index (χ4v) is 1.83. The normalized spacial score (nSPS) is 24.6. The van der Waals surface area contributed by atoms with Crippen LogP contribution in [0, 0.1) is 5.92 Å². The Bertz CT molecular complexity index is 290. The molecule has 2 N–H and O–H groups in total. The summed E-state index contributed by atoms with van der Waals surface area (Å²) in [7, 11) is 0. The molecule has 0 aromatic heterocycles. The van der Waals surface area contributed by atoms with Gasteiger partial charge in [0, 0.05) is 13.0 Å². The number of hydrogen-bond acceptors (Lipinski definition) is 3. The number of nitrogens with zero attached hydrogens (tertiary/aromatic N) is 1. The van der Waals surface area contributed by atoms with Crippen LogP contribution in [0.15, 0.2) is 0 Å². The molecule has 1 amide bonds. The van der Waals surface area contributed by atoms with Crippen molar-refractivity contribution in [3.8, 4) is 0 Å². The molecule has 1 atom stereocenters. The van der Waals surface area contributed by atoms with Gasteiger partial charge in [0.05, 0.1) is 6.54 Å². The fraction of sp³-hybridized carbons (Fsp3) is 0.909. The third kappa shape index (κ3) is 4.46. The van der Waals surface area contributed by atoms with Crippen molar-refractivity contribution in [1.29, 1.82) is 0 Å². The van der Waals surface area contributed by atoms with E-state index in [0.29, 0.717) is 0 Å². The Balaban J connectivity index is 2.67. The smallest absolute Gasteiger partial charge is 0.410 e. The Morgan fingerprint density at radius 1 is 1.53 bits per heavy atom. The molecule has 17 heavy (non-hydrogen) atoms. The number of amides is 1. The quantitative estimate of drug-likeness (QED) is 0.772. The molecule has 0 aliphatic carbocycles. The van der Waals surface area contributed by atoms with Crippen LogP contribution in [0.3, 0.4) is 0 Å². The van der Waals surface area contributed by atoms with E-state index >= 15 is 0 Å². The summed E-state index contributed by atoms with van der Waals surface area (Å²) in [6, 6.07) is 0. The Morgan fingerprint density at radius 2 is 2.12 bits per heavy atom. The number of rotatable bonds is 1. The van der Waals surface area contributed by atoms with Gasteiger partial charge in [-0.1, -0.05) is 0 Å². The monoisotopic (exact) mass is 250 g/mol. The highest BCUT2D eigenvalue weighted by Crippen LogP contribution is 2.30. The molecular formula is C11H20F2N2O2. The summed E-state index contributed by atoms with van der Waals surface area (Å²) in [5.74, 6) is -3.24. The SMILES string of the molecule is CC(C)(C)OC(=O)N1CC(CN)CC(F)(F)C1. The molecule has 0 saturated carbocycles. The van der Waals surface area contributed by atoms with Gasteiger partial charge in [0.25, 0.3) is 5.92 Å². The second-order valence-electron chi connectivity index (χ2n) is 5.52. The van der Waals surface area contributed by atoms with Crippen molar-refractivity contribution in [3.05, 3.63) is 0 Å². The van der Waals surface area contributed by atoms with Crippen molar-refractivity contribution >= 4 is 6.09 Å². The first-order valence-corrected chi connectivity index (χ1v) is 5.69. The van der Waals surface area contributed by atoms with Crippen LogP contribution in [-0.2, 0) is 4.74 Å². The molecule has 1 rings (SSSR count). The highest BCUT2D eigenvalue weighted by atomic mass is 19.3. The summed E-state index contributed by atoms with van der Waals surface area (Å²) in [6.45, 7) is 4.91. The number of likely N-dealkylation sites (tertiary alicyclic amines) is 1. The number of halogens is 2. The molecule has 0 bridgehead atoms. The molecule has 6 heteroatoms. The number of alkyl halides is 2. The highest BCUT2D eigenvalue weighted by molar-refractivity contribution is 5.68. The Morgan fingerprint density at radius 3 is 2.59 bits per heavy atom. The lowest BCUT2D eigenvalue weighted by atomic mass is 9.96. The number of carbonyl (C=O) groups excluding carboxylic acids is 1. The van der Waals surface area contributed by atoms with Crippen LogP contribution in [0.25, 0.3) is 0 Å². The van der Waals surface area contributed by atoms with E-state index in [2.05, 4.69) is 0 Å². The Hall–Kier alpha value is -0.910. The molecule has 100 valence electrons. The lowest BCUT2D eigenvalue weighted by Crippen LogP contribution is -2.52. The minimum atomic E-state index is -2.88.